The van der Waals surface area contributed by atoms with Crippen molar-refractivity contribution in [2.24, 2.45) is 5.10 Å². The molecule has 3 aromatic rings. The first-order valence-corrected chi connectivity index (χ1v) is 9.59. The molecule has 1 aliphatic carbocycles. The number of non-ortho nitro benzene ring substituents is 1. The number of nitrogens with one attached hydrogen (secondary N) is 2. The molecule has 8 heteroatoms. The summed E-state index contributed by atoms with van der Waals surface area (Å²) in [5, 5.41) is 18.2. The van der Waals surface area contributed by atoms with Crippen molar-refractivity contribution in [2.45, 2.75) is 26.2 Å². The highest BCUT2D eigenvalue weighted by molar-refractivity contribution is 6.09. The predicted octanol–water partition coefficient (Wildman–Crippen LogP) is 4.90. The van der Waals surface area contributed by atoms with E-state index in [0.29, 0.717) is 11.3 Å². The lowest BCUT2D eigenvalue weighted by atomic mass is 9.93. The molecule has 0 saturated carbocycles. The Labute approximate surface area is 172 Å². The number of hydrazone groups is 1. The number of hydrogen-bond acceptors (Lipinski definition) is 6. The maximum absolute atomic E-state index is 12.8. The fraction of sp³-hybridized carbons (Fsp3) is 0.182. The molecule has 2 N–H and O–H groups in total. The minimum Gasteiger partial charge on any atom is -0.455 e. The number of benzene rings is 2. The Morgan fingerprint density at radius 2 is 1.87 bits per heavy atom. The van der Waals surface area contributed by atoms with Crippen LogP contribution in [0.3, 0.4) is 0 Å². The average Bonchev–Trinajstić information content (AvgIpc) is 3.10. The van der Waals surface area contributed by atoms with Crippen LogP contribution in [0.2, 0.25) is 0 Å². The number of rotatable bonds is 5. The third kappa shape index (κ3) is 3.93. The van der Waals surface area contributed by atoms with Crippen molar-refractivity contribution < 1.29 is 14.1 Å². The number of carbonyl (C=O) groups is 1. The van der Waals surface area contributed by atoms with Gasteiger partial charge in [0.25, 0.3) is 11.6 Å². The van der Waals surface area contributed by atoms with Gasteiger partial charge in [-0.15, -0.1) is 0 Å². The van der Waals surface area contributed by atoms with Crippen LogP contribution in [-0.4, -0.2) is 16.5 Å². The molecule has 0 spiro atoms. The fourth-order valence-corrected chi connectivity index (χ4v) is 3.53. The minimum absolute atomic E-state index is 0.0929. The van der Waals surface area contributed by atoms with Gasteiger partial charge in [-0.3, -0.25) is 20.3 Å². The van der Waals surface area contributed by atoms with Gasteiger partial charge in [-0.1, -0.05) is 24.3 Å². The molecular weight excluding hydrogens is 384 g/mol. The van der Waals surface area contributed by atoms with E-state index in [1.54, 1.807) is 6.07 Å². The van der Waals surface area contributed by atoms with Gasteiger partial charge in [0.2, 0.25) is 0 Å². The zero-order chi connectivity index (χ0) is 21.1. The molecule has 1 aromatic heterocycles. The van der Waals surface area contributed by atoms with Gasteiger partial charge in [-0.2, -0.15) is 5.10 Å². The van der Waals surface area contributed by atoms with E-state index < -0.39 is 10.8 Å². The molecule has 2 aromatic carbocycles. The molecule has 4 rings (SSSR count). The quantitative estimate of drug-likeness (QED) is 0.464. The van der Waals surface area contributed by atoms with Gasteiger partial charge < -0.3 is 9.73 Å². The first kappa shape index (κ1) is 19.4. The predicted molar refractivity (Wildman–Crippen MR) is 114 cm³/mol. The lowest BCUT2D eigenvalue weighted by Crippen LogP contribution is -2.14. The maximum Gasteiger partial charge on any atom is 0.291 e. The van der Waals surface area contributed by atoms with Crippen LogP contribution in [0.5, 0.6) is 0 Å². The summed E-state index contributed by atoms with van der Waals surface area (Å²) in [7, 11) is 0. The zero-order valence-electron chi connectivity index (χ0n) is 16.3. The number of fused-ring (bicyclic) bond motifs is 1. The first-order chi connectivity index (χ1) is 14.5. The highest BCUT2D eigenvalue weighted by atomic mass is 16.6. The van der Waals surface area contributed by atoms with Gasteiger partial charge in [-0.25, -0.2) is 0 Å². The van der Waals surface area contributed by atoms with Crippen LogP contribution in [0, 0.1) is 17.0 Å². The number of carbonyl (C=O) groups excluding carboxylic acids is 1. The summed E-state index contributed by atoms with van der Waals surface area (Å²) in [6.07, 6.45) is 2.38. The molecule has 0 atom stereocenters. The number of nitrogens with zero attached hydrogens (tertiary/aromatic N) is 2. The molecule has 1 amide bonds. The smallest absolute Gasteiger partial charge is 0.291 e. The first-order valence-electron chi connectivity index (χ1n) is 9.59. The molecule has 1 aliphatic rings. The molecule has 0 unspecified atom stereocenters. The van der Waals surface area contributed by atoms with Crippen molar-refractivity contribution in [3.8, 4) is 0 Å². The van der Waals surface area contributed by atoms with Crippen molar-refractivity contribution in [1.82, 2.24) is 0 Å². The number of nitro benzene ring substituents is 1. The second-order valence-electron chi connectivity index (χ2n) is 7.01. The van der Waals surface area contributed by atoms with E-state index >= 15 is 0 Å². The number of amides is 1. The lowest BCUT2D eigenvalue weighted by Gasteiger charge is -2.13. The molecule has 0 bridgehead atoms. The molecule has 8 nitrogen and oxygen atoms in total. The third-order valence-corrected chi connectivity index (χ3v) is 4.94. The summed E-state index contributed by atoms with van der Waals surface area (Å²) in [6.45, 7) is 1.83. The van der Waals surface area contributed by atoms with Crippen LogP contribution < -0.4 is 10.7 Å². The molecule has 0 saturated heterocycles. The van der Waals surface area contributed by atoms with Crippen LogP contribution >= 0.6 is 0 Å². The largest absolute Gasteiger partial charge is 0.455 e. The Morgan fingerprint density at radius 1 is 1.10 bits per heavy atom. The number of aryl methyl sites for hydroxylation is 1. The third-order valence-electron chi connectivity index (χ3n) is 4.94. The van der Waals surface area contributed by atoms with Gasteiger partial charge in [0.15, 0.2) is 5.76 Å². The Bertz CT molecular complexity index is 1140. The summed E-state index contributed by atoms with van der Waals surface area (Å²) in [5.74, 6) is 0.482. The molecule has 0 aliphatic heterocycles. The Morgan fingerprint density at radius 3 is 2.63 bits per heavy atom. The van der Waals surface area contributed by atoms with E-state index in [1.807, 2.05) is 37.3 Å². The topological polar surface area (TPSA) is 110 Å². The highest BCUT2D eigenvalue weighted by Crippen LogP contribution is 2.31. The van der Waals surface area contributed by atoms with Gasteiger partial charge in [-0.05, 0) is 38.0 Å². The second kappa shape index (κ2) is 8.20. The Balaban J connectivity index is 1.59. The maximum atomic E-state index is 12.8. The summed E-state index contributed by atoms with van der Waals surface area (Å²) >= 11 is 0. The molecule has 0 radical (unpaired) electrons. The number of hydrogen-bond donors (Lipinski definition) is 2. The Hall–Kier alpha value is -3.94. The van der Waals surface area contributed by atoms with Crippen molar-refractivity contribution in [2.75, 3.05) is 10.7 Å². The van der Waals surface area contributed by atoms with Crippen molar-refractivity contribution in [1.29, 1.82) is 0 Å². The van der Waals surface area contributed by atoms with Crippen LogP contribution in [0.25, 0.3) is 0 Å². The van der Waals surface area contributed by atoms with Gasteiger partial charge in [0.1, 0.15) is 5.76 Å². The summed E-state index contributed by atoms with van der Waals surface area (Å²) in [6, 6.07) is 15.4. The van der Waals surface area contributed by atoms with Crippen molar-refractivity contribution >= 4 is 28.7 Å². The molecular formula is C22H20N4O4. The average molecular weight is 404 g/mol. The normalized spacial score (nSPS) is 14.2. The van der Waals surface area contributed by atoms with Crippen LogP contribution in [0.15, 0.2) is 64.1 Å². The highest BCUT2D eigenvalue weighted by Gasteiger charge is 2.28. The van der Waals surface area contributed by atoms with Gasteiger partial charge >= 0.3 is 0 Å². The number of anilines is 2. The van der Waals surface area contributed by atoms with Crippen molar-refractivity contribution in [3.05, 3.63) is 87.4 Å². The molecule has 30 heavy (non-hydrogen) atoms. The van der Waals surface area contributed by atoms with Crippen molar-refractivity contribution in [3.63, 3.8) is 0 Å². The molecule has 0 fully saturated rings. The van der Waals surface area contributed by atoms with E-state index in [9.17, 15) is 14.9 Å². The van der Waals surface area contributed by atoms with Crippen LogP contribution in [0.4, 0.5) is 17.1 Å². The van der Waals surface area contributed by atoms with E-state index in [-0.39, 0.29) is 11.4 Å². The fourth-order valence-electron chi connectivity index (χ4n) is 3.53. The second-order valence-corrected chi connectivity index (χ2v) is 7.01. The van der Waals surface area contributed by atoms with Crippen LogP contribution in [-0.2, 0) is 6.42 Å². The summed E-state index contributed by atoms with van der Waals surface area (Å²) in [5.41, 5.74) is 6.59. The van der Waals surface area contributed by atoms with E-state index in [0.717, 1.165) is 42.0 Å². The minimum atomic E-state index is -0.505. The summed E-state index contributed by atoms with van der Waals surface area (Å²) < 4.78 is 5.88. The molecule has 1 heterocycles. The standard InChI is InChI=1S/C22H20N4O4/c1-14-20-18(25-24-15-7-3-2-4-8-15)11-6-12-19(20)30-21(14)22(27)23-16-9-5-10-17(13-16)26(28)29/h2-5,7-10,13,24H,6,11-12H2,1H3,(H,23,27)/b25-18+. The van der Waals surface area contributed by atoms with Gasteiger partial charge in [0.05, 0.1) is 16.3 Å². The number of nitro groups is 1. The zero-order valence-corrected chi connectivity index (χ0v) is 16.3. The lowest BCUT2D eigenvalue weighted by molar-refractivity contribution is -0.384. The Kier molecular flexibility index (Phi) is 5.30. The molecule has 152 valence electrons. The van der Waals surface area contributed by atoms with E-state index in [2.05, 4.69) is 15.8 Å². The SMILES string of the molecule is Cc1c(C(=O)Nc2cccc([N+](=O)[O-])c2)oc2c1/C(=N/Nc1ccccc1)CCC2. The summed E-state index contributed by atoms with van der Waals surface area (Å²) in [4.78, 5) is 23.2. The monoisotopic (exact) mass is 404 g/mol. The number of furan rings is 1. The van der Waals surface area contributed by atoms with E-state index in [4.69, 9.17) is 4.42 Å². The van der Waals surface area contributed by atoms with Crippen LogP contribution in [0.1, 0.15) is 40.3 Å². The van der Waals surface area contributed by atoms with E-state index in [1.165, 1.54) is 18.2 Å². The van der Waals surface area contributed by atoms with Gasteiger partial charge in [0, 0.05) is 35.4 Å². The number of para-hydroxylation sites is 1.